The van der Waals surface area contributed by atoms with Crippen molar-refractivity contribution in [1.29, 1.82) is 0 Å². The number of hydrogen-bond donors (Lipinski definition) is 0. The molecular weight excluding hydrogens is 307 g/mol. The van der Waals surface area contributed by atoms with Gasteiger partial charge in [0, 0.05) is 4.47 Å². The van der Waals surface area contributed by atoms with Crippen LogP contribution >= 0.6 is 15.9 Å². The van der Waals surface area contributed by atoms with E-state index < -0.39 is 17.6 Å². The molecule has 0 aliphatic carbocycles. The average Bonchev–Trinajstić information content (AvgIpc) is 2.33. The van der Waals surface area contributed by atoms with Crippen LogP contribution in [0.25, 0.3) is 0 Å². The summed E-state index contributed by atoms with van der Waals surface area (Å²) in [5.41, 5.74) is -0.376. The fourth-order valence-corrected chi connectivity index (χ4v) is 1.79. The van der Waals surface area contributed by atoms with Gasteiger partial charge in [0.15, 0.2) is 11.6 Å². The Morgan fingerprint density at radius 2 is 1.94 bits per heavy atom. The monoisotopic (exact) mass is 318 g/mol. The van der Waals surface area contributed by atoms with Crippen molar-refractivity contribution in [2.24, 2.45) is 0 Å². The van der Waals surface area contributed by atoms with E-state index in [0.717, 1.165) is 0 Å². The van der Waals surface area contributed by atoms with Crippen LogP contribution in [-0.2, 0) is 9.53 Å². The van der Waals surface area contributed by atoms with Crippen LogP contribution in [0.3, 0.4) is 0 Å². The largest absolute Gasteiger partial charge is 0.491 e. The van der Waals surface area contributed by atoms with E-state index in [1.165, 1.54) is 12.1 Å². The van der Waals surface area contributed by atoms with E-state index in [-0.39, 0.29) is 29.0 Å². The molecule has 6 heteroatoms. The molecule has 0 spiro atoms. The maximum atomic E-state index is 14.0. The molecule has 98 valence electrons. The number of carbonyl (C=O) groups excluding carboxylic acids is 2. The highest BCUT2D eigenvalue weighted by Gasteiger charge is 2.26. The van der Waals surface area contributed by atoms with Crippen LogP contribution in [0.2, 0.25) is 0 Å². The van der Waals surface area contributed by atoms with Gasteiger partial charge in [-0.3, -0.25) is 4.79 Å². The maximum absolute atomic E-state index is 14.0. The van der Waals surface area contributed by atoms with E-state index >= 15 is 0 Å². The lowest BCUT2D eigenvalue weighted by Gasteiger charge is -2.09. The van der Waals surface area contributed by atoms with Crippen LogP contribution in [0.15, 0.2) is 16.6 Å². The average molecular weight is 319 g/mol. The predicted octanol–water partition coefficient (Wildman–Crippen LogP) is 2.73. The minimum Gasteiger partial charge on any atom is -0.491 e. The minimum atomic E-state index is -1.09. The molecule has 0 aliphatic heterocycles. The number of halogens is 2. The Morgan fingerprint density at radius 1 is 1.28 bits per heavy atom. The summed E-state index contributed by atoms with van der Waals surface area (Å²) in [4.78, 5) is 23.0. The van der Waals surface area contributed by atoms with Gasteiger partial charge in [-0.25, -0.2) is 9.18 Å². The number of carbonyl (C=O) groups is 2. The van der Waals surface area contributed by atoms with Gasteiger partial charge in [-0.1, -0.05) is 0 Å². The number of benzene rings is 1. The number of ketones is 1. The molecule has 1 rings (SSSR count). The number of ether oxygens (including phenoxy) is 2. The topological polar surface area (TPSA) is 52.6 Å². The molecule has 0 bridgehead atoms. The summed E-state index contributed by atoms with van der Waals surface area (Å²) in [6.07, 6.45) is 0. The predicted molar refractivity (Wildman–Crippen MR) is 66.2 cm³/mol. The summed E-state index contributed by atoms with van der Waals surface area (Å²) in [5, 5.41) is 0. The van der Waals surface area contributed by atoms with Gasteiger partial charge in [0.1, 0.15) is 0 Å². The quantitative estimate of drug-likeness (QED) is 0.476. The molecule has 0 radical (unpaired) electrons. The maximum Gasteiger partial charge on any atom is 0.379 e. The molecule has 1 aromatic carbocycles. The van der Waals surface area contributed by atoms with E-state index in [0.29, 0.717) is 0 Å². The minimum absolute atomic E-state index is 0.0506. The summed E-state index contributed by atoms with van der Waals surface area (Å²) < 4.78 is 23.7. The van der Waals surface area contributed by atoms with Gasteiger partial charge in [0.2, 0.25) is 0 Å². The lowest BCUT2D eigenvalue weighted by molar-refractivity contribution is -0.137. The van der Waals surface area contributed by atoms with Gasteiger partial charge < -0.3 is 9.47 Å². The smallest absolute Gasteiger partial charge is 0.379 e. The molecule has 0 aliphatic rings. The zero-order chi connectivity index (χ0) is 13.7. The molecule has 0 N–H and O–H groups in total. The van der Waals surface area contributed by atoms with Crippen LogP contribution in [0.5, 0.6) is 5.75 Å². The van der Waals surface area contributed by atoms with Crippen LogP contribution in [0, 0.1) is 5.82 Å². The molecule has 0 amide bonds. The summed E-state index contributed by atoms with van der Waals surface area (Å²) in [6, 6.07) is 2.82. The Kier molecular flexibility index (Phi) is 5.27. The van der Waals surface area contributed by atoms with Crippen molar-refractivity contribution in [3.8, 4) is 5.75 Å². The molecule has 0 aromatic heterocycles. The summed E-state index contributed by atoms with van der Waals surface area (Å²) in [6.45, 7) is 3.56. The van der Waals surface area contributed by atoms with Crippen molar-refractivity contribution in [3.05, 3.63) is 28.0 Å². The normalized spacial score (nSPS) is 10.0. The second-order valence-corrected chi connectivity index (χ2v) is 4.07. The van der Waals surface area contributed by atoms with E-state index in [1.54, 1.807) is 13.8 Å². The summed E-state index contributed by atoms with van der Waals surface area (Å²) >= 11 is 3.03. The molecule has 0 fully saturated rings. The lowest BCUT2D eigenvalue weighted by atomic mass is 10.1. The number of esters is 1. The number of rotatable bonds is 5. The Bertz CT molecular complexity index is 473. The first-order valence-corrected chi connectivity index (χ1v) is 6.14. The van der Waals surface area contributed by atoms with Gasteiger partial charge in [0.25, 0.3) is 5.78 Å². The van der Waals surface area contributed by atoms with E-state index in [2.05, 4.69) is 20.7 Å². The van der Waals surface area contributed by atoms with Crippen LogP contribution < -0.4 is 4.74 Å². The van der Waals surface area contributed by atoms with Crippen molar-refractivity contribution in [2.45, 2.75) is 13.8 Å². The van der Waals surface area contributed by atoms with E-state index in [9.17, 15) is 14.0 Å². The van der Waals surface area contributed by atoms with Gasteiger partial charge in [-0.05, 0) is 41.9 Å². The Hall–Kier alpha value is -1.43. The first-order valence-electron chi connectivity index (χ1n) is 5.35. The molecule has 0 heterocycles. The second kappa shape index (κ2) is 6.49. The molecule has 18 heavy (non-hydrogen) atoms. The third kappa shape index (κ3) is 3.07. The van der Waals surface area contributed by atoms with E-state index in [1.807, 2.05) is 0 Å². The van der Waals surface area contributed by atoms with Gasteiger partial charge in [-0.2, -0.15) is 0 Å². The van der Waals surface area contributed by atoms with Gasteiger partial charge in [0.05, 0.1) is 18.8 Å². The van der Waals surface area contributed by atoms with Crippen LogP contribution in [-0.4, -0.2) is 25.0 Å². The van der Waals surface area contributed by atoms with Crippen molar-refractivity contribution in [1.82, 2.24) is 0 Å². The van der Waals surface area contributed by atoms with Crippen molar-refractivity contribution in [2.75, 3.05) is 13.2 Å². The van der Waals surface area contributed by atoms with Crippen molar-refractivity contribution >= 4 is 27.7 Å². The Balaban J connectivity index is 3.18. The number of Topliss-reactive ketones (excluding diaryl/α,β-unsaturated/α-hetero) is 1. The summed E-state index contributed by atoms with van der Waals surface area (Å²) in [5.74, 6) is -3.08. The van der Waals surface area contributed by atoms with Crippen LogP contribution in [0.1, 0.15) is 24.2 Å². The Morgan fingerprint density at radius 3 is 2.50 bits per heavy atom. The second-order valence-electron chi connectivity index (χ2n) is 3.22. The van der Waals surface area contributed by atoms with Crippen molar-refractivity contribution < 1.29 is 23.5 Å². The van der Waals surface area contributed by atoms with Crippen LogP contribution in [0.4, 0.5) is 4.39 Å². The molecule has 0 atom stereocenters. The zero-order valence-electron chi connectivity index (χ0n) is 9.96. The highest BCUT2D eigenvalue weighted by atomic mass is 79.9. The first-order chi connectivity index (χ1) is 8.52. The van der Waals surface area contributed by atoms with Gasteiger partial charge >= 0.3 is 5.97 Å². The van der Waals surface area contributed by atoms with Crippen molar-refractivity contribution in [3.63, 3.8) is 0 Å². The lowest BCUT2D eigenvalue weighted by Crippen LogP contribution is -2.19. The molecule has 1 aromatic rings. The fraction of sp³-hybridized carbons (Fsp3) is 0.333. The molecule has 0 saturated heterocycles. The molecule has 0 saturated carbocycles. The molecule has 0 unspecified atom stereocenters. The molecular formula is C12H12BrFO4. The number of hydrogen-bond acceptors (Lipinski definition) is 4. The highest BCUT2D eigenvalue weighted by molar-refractivity contribution is 9.10. The third-order valence-corrected chi connectivity index (χ3v) is 2.70. The SMILES string of the molecule is CCOC(=O)C(=O)c1c(Br)ccc(OCC)c1F. The highest BCUT2D eigenvalue weighted by Crippen LogP contribution is 2.28. The zero-order valence-corrected chi connectivity index (χ0v) is 11.5. The first kappa shape index (κ1) is 14.6. The van der Waals surface area contributed by atoms with E-state index in [4.69, 9.17) is 4.74 Å². The molecule has 4 nitrogen and oxygen atoms in total. The standard InChI is InChI=1S/C12H12BrFO4/c1-3-17-8-6-5-7(13)9(10(8)14)11(15)12(16)18-4-2/h5-6H,3-4H2,1-2H3. The summed E-state index contributed by atoms with van der Waals surface area (Å²) in [7, 11) is 0. The third-order valence-electron chi connectivity index (χ3n) is 2.04. The fourth-order valence-electron chi connectivity index (χ4n) is 1.31. The van der Waals surface area contributed by atoms with Gasteiger partial charge in [-0.15, -0.1) is 0 Å². The Labute approximate surface area is 112 Å².